The molecule has 0 saturated carbocycles. The van der Waals surface area contributed by atoms with E-state index in [-0.39, 0.29) is 0 Å². The highest BCUT2D eigenvalue weighted by Crippen LogP contribution is 2.37. The standard InChI is InChI=1S/C20H20O3/c1-3-12-22-20(21)23-19-17-11-6-5-8-15(17)13-16-10-7-9-14(4-2)18(16)19/h5-11,13H,3-4,12H2,1-2H3. The minimum atomic E-state index is -0.643. The first-order chi connectivity index (χ1) is 11.2. The zero-order chi connectivity index (χ0) is 16.2. The number of fused-ring (bicyclic) bond motifs is 2. The van der Waals surface area contributed by atoms with Crippen LogP contribution in [0.25, 0.3) is 21.5 Å². The highest BCUT2D eigenvalue weighted by Gasteiger charge is 2.15. The Hall–Kier alpha value is -2.55. The summed E-state index contributed by atoms with van der Waals surface area (Å²) >= 11 is 0. The van der Waals surface area contributed by atoms with Crippen molar-refractivity contribution < 1.29 is 14.3 Å². The van der Waals surface area contributed by atoms with Crippen LogP contribution in [0, 0.1) is 0 Å². The van der Waals surface area contributed by atoms with Gasteiger partial charge in [0, 0.05) is 10.8 Å². The van der Waals surface area contributed by atoms with E-state index < -0.39 is 6.16 Å². The van der Waals surface area contributed by atoms with Gasteiger partial charge in [-0.2, -0.15) is 0 Å². The number of benzene rings is 3. The molecular weight excluding hydrogens is 288 g/mol. The van der Waals surface area contributed by atoms with Gasteiger partial charge in [-0.05, 0) is 35.2 Å². The second-order valence-electron chi connectivity index (χ2n) is 5.50. The molecule has 0 amide bonds. The first kappa shape index (κ1) is 15.3. The van der Waals surface area contributed by atoms with Crippen LogP contribution in [0.5, 0.6) is 5.75 Å². The van der Waals surface area contributed by atoms with E-state index in [9.17, 15) is 4.79 Å². The van der Waals surface area contributed by atoms with Gasteiger partial charge in [-0.1, -0.05) is 56.3 Å². The molecule has 0 spiro atoms. The molecule has 0 N–H and O–H groups in total. The van der Waals surface area contributed by atoms with Crippen molar-refractivity contribution in [2.45, 2.75) is 26.7 Å². The van der Waals surface area contributed by atoms with Gasteiger partial charge >= 0.3 is 6.16 Å². The molecular formula is C20H20O3. The van der Waals surface area contributed by atoms with Crippen LogP contribution < -0.4 is 4.74 Å². The molecule has 0 saturated heterocycles. The summed E-state index contributed by atoms with van der Waals surface area (Å²) in [6, 6.07) is 16.2. The Morgan fingerprint density at radius 2 is 1.78 bits per heavy atom. The lowest BCUT2D eigenvalue weighted by molar-refractivity contribution is 0.100. The summed E-state index contributed by atoms with van der Waals surface area (Å²) in [5.74, 6) is 0.594. The smallest absolute Gasteiger partial charge is 0.434 e. The molecule has 0 bridgehead atoms. The molecule has 0 aliphatic rings. The zero-order valence-corrected chi connectivity index (χ0v) is 13.5. The van der Waals surface area contributed by atoms with Crippen LogP contribution in [-0.2, 0) is 11.2 Å². The lowest BCUT2D eigenvalue weighted by Crippen LogP contribution is -2.11. The molecule has 3 nitrogen and oxygen atoms in total. The number of aryl methyl sites for hydroxylation is 1. The summed E-state index contributed by atoms with van der Waals surface area (Å²) in [4.78, 5) is 12.0. The number of carbonyl (C=O) groups excluding carboxylic acids is 1. The van der Waals surface area contributed by atoms with E-state index >= 15 is 0 Å². The monoisotopic (exact) mass is 308 g/mol. The van der Waals surface area contributed by atoms with Crippen LogP contribution in [0.15, 0.2) is 48.5 Å². The van der Waals surface area contributed by atoms with Gasteiger partial charge in [0.15, 0.2) is 0 Å². The fourth-order valence-electron chi connectivity index (χ4n) is 2.85. The normalized spacial score (nSPS) is 10.9. The molecule has 0 heterocycles. The highest BCUT2D eigenvalue weighted by molar-refractivity contribution is 6.07. The molecule has 0 radical (unpaired) electrons. The maximum absolute atomic E-state index is 12.0. The van der Waals surface area contributed by atoms with Crippen LogP contribution in [0.4, 0.5) is 4.79 Å². The number of carbonyl (C=O) groups is 1. The van der Waals surface area contributed by atoms with Gasteiger partial charge in [0.1, 0.15) is 5.75 Å². The van der Waals surface area contributed by atoms with Crippen molar-refractivity contribution in [1.29, 1.82) is 0 Å². The molecule has 3 aromatic rings. The quantitative estimate of drug-likeness (QED) is 0.363. The molecule has 0 aromatic heterocycles. The Bertz CT molecular complexity index is 852. The molecule has 3 aromatic carbocycles. The van der Waals surface area contributed by atoms with Crippen LogP contribution in [0.3, 0.4) is 0 Å². The van der Waals surface area contributed by atoms with Crippen LogP contribution >= 0.6 is 0 Å². The lowest BCUT2D eigenvalue weighted by atomic mass is 9.97. The van der Waals surface area contributed by atoms with E-state index in [1.54, 1.807) is 0 Å². The second kappa shape index (κ2) is 6.69. The average molecular weight is 308 g/mol. The van der Waals surface area contributed by atoms with Crippen molar-refractivity contribution in [2.24, 2.45) is 0 Å². The summed E-state index contributed by atoms with van der Waals surface area (Å²) in [7, 11) is 0. The van der Waals surface area contributed by atoms with Crippen molar-refractivity contribution in [3.63, 3.8) is 0 Å². The highest BCUT2D eigenvalue weighted by atomic mass is 16.7. The van der Waals surface area contributed by atoms with Crippen molar-refractivity contribution in [3.05, 3.63) is 54.1 Å². The van der Waals surface area contributed by atoms with Crippen LogP contribution in [0.1, 0.15) is 25.8 Å². The Labute approximate surface area is 135 Å². The molecule has 23 heavy (non-hydrogen) atoms. The van der Waals surface area contributed by atoms with Crippen LogP contribution in [0.2, 0.25) is 0 Å². The largest absolute Gasteiger partial charge is 0.513 e. The van der Waals surface area contributed by atoms with Gasteiger partial charge < -0.3 is 9.47 Å². The Morgan fingerprint density at radius 1 is 1.00 bits per heavy atom. The van der Waals surface area contributed by atoms with E-state index in [0.29, 0.717) is 12.4 Å². The average Bonchev–Trinajstić information content (AvgIpc) is 2.59. The zero-order valence-electron chi connectivity index (χ0n) is 13.5. The van der Waals surface area contributed by atoms with E-state index in [1.165, 1.54) is 0 Å². The maximum Gasteiger partial charge on any atom is 0.513 e. The third-order valence-electron chi connectivity index (χ3n) is 3.92. The molecule has 118 valence electrons. The summed E-state index contributed by atoms with van der Waals surface area (Å²) < 4.78 is 10.7. The van der Waals surface area contributed by atoms with Gasteiger partial charge in [0.25, 0.3) is 0 Å². The minimum Gasteiger partial charge on any atom is -0.434 e. The molecule has 3 rings (SSSR count). The van der Waals surface area contributed by atoms with Crippen LogP contribution in [-0.4, -0.2) is 12.8 Å². The first-order valence-corrected chi connectivity index (χ1v) is 8.02. The summed E-state index contributed by atoms with van der Waals surface area (Å²) in [5, 5.41) is 4.03. The molecule has 0 unspecified atom stereocenters. The van der Waals surface area contributed by atoms with E-state index in [2.05, 4.69) is 19.1 Å². The molecule has 0 fully saturated rings. The van der Waals surface area contributed by atoms with E-state index in [0.717, 1.165) is 39.9 Å². The van der Waals surface area contributed by atoms with Crippen molar-refractivity contribution >= 4 is 27.7 Å². The minimum absolute atomic E-state index is 0.363. The predicted molar refractivity (Wildman–Crippen MR) is 93.1 cm³/mol. The summed E-state index contributed by atoms with van der Waals surface area (Å²) in [6.07, 6.45) is 0.997. The van der Waals surface area contributed by atoms with E-state index in [4.69, 9.17) is 9.47 Å². The Balaban J connectivity index is 2.22. The summed E-state index contributed by atoms with van der Waals surface area (Å²) in [5.41, 5.74) is 1.16. The Kier molecular flexibility index (Phi) is 4.47. The lowest BCUT2D eigenvalue weighted by Gasteiger charge is -2.14. The molecule has 0 aliphatic carbocycles. The molecule has 0 aliphatic heterocycles. The van der Waals surface area contributed by atoms with Crippen molar-refractivity contribution in [3.8, 4) is 5.75 Å². The van der Waals surface area contributed by atoms with Gasteiger partial charge in [-0.25, -0.2) is 4.79 Å². The van der Waals surface area contributed by atoms with Gasteiger partial charge in [0.05, 0.1) is 6.61 Å². The van der Waals surface area contributed by atoms with Gasteiger partial charge in [0.2, 0.25) is 0 Å². The number of ether oxygens (including phenoxy) is 2. The topological polar surface area (TPSA) is 35.5 Å². The van der Waals surface area contributed by atoms with Gasteiger partial charge in [-0.15, -0.1) is 0 Å². The third kappa shape index (κ3) is 3.00. The summed E-state index contributed by atoms with van der Waals surface area (Å²) in [6.45, 7) is 4.42. The second-order valence-corrected chi connectivity index (χ2v) is 5.50. The van der Waals surface area contributed by atoms with Crippen molar-refractivity contribution in [1.82, 2.24) is 0 Å². The molecule has 0 atom stereocenters. The Morgan fingerprint density at radius 3 is 2.57 bits per heavy atom. The predicted octanol–water partition coefficient (Wildman–Crippen LogP) is 5.48. The number of hydrogen-bond donors (Lipinski definition) is 0. The fourth-order valence-corrected chi connectivity index (χ4v) is 2.85. The maximum atomic E-state index is 12.0. The third-order valence-corrected chi connectivity index (χ3v) is 3.92. The van der Waals surface area contributed by atoms with Gasteiger partial charge in [-0.3, -0.25) is 0 Å². The van der Waals surface area contributed by atoms with Crippen molar-refractivity contribution in [2.75, 3.05) is 6.61 Å². The fraction of sp³-hybridized carbons (Fsp3) is 0.250. The first-order valence-electron chi connectivity index (χ1n) is 8.02. The number of hydrogen-bond acceptors (Lipinski definition) is 3. The SMILES string of the molecule is CCCOC(=O)Oc1c2ccccc2cc2cccc(CC)c12. The van der Waals surface area contributed by atoms with E-state index in [1.807, 2.05) is 43.3 Å². The number of rotatable bonds is 4. The molecule has 3 heteroatoms.